The van der Waals surface area contributed by atoms with Crippen molar-refractivity contribution in [3.8, 4) is 5.75 Å². The van der Waals surface area contributed by atoms with Gasteiger partial charge in [0.05, 0.1) is 16.9 Å². The number of carbonyl (C=O) groups excluding carboxylic acids is 1. The molecule has 0 bridgehead atoms. The van der Waals surface area contributed by atoms with E-state index in [2.05, 4.69) is 37.1 Å². The summed E-state index contributed by atoms with van der Waals surface area (Å²) >= 11 is 6.08. The summed E-state index contributed by atoms with van der Waals surface area (Å²) < 4.78 is 42.8. The molecule has 11 heteroatoms. The van der Waals surface area contributed by atoms with Crippen molar-refractivity contribution in [1.82, 2.24) is 19.7 Å². The number of amides is 1. The normalized spacial score (nSPS) is 16.6. The maximum Gasteiger partial charge on any atom is 0.573 e. The van der Waals surface area contributed by atoms with Crippen LogP contribution in [0.2, 0.25) is 5.02 Å². The first-order chi connectivity index (χ1) is 19.1. The fourth-order valence-electron chi connectivity index (χ4n) is 5.90. The predicted molar refractivity (Wildman–Crippen MR) is 145 cm³/mol. The van der Waals surface area contributed by atoms with Crippen LogP contribution in [-0.4, -0.2) is 39.7 Å². The van der Waals surface area contributed by atoms with Crippen LogP contribution in [0.4, 0.5) is 18.9 Å². The smallest absolute Gasteiger partial charge is 0.406 e. The van der Waals surface area contributed by atoms with E-state index in [-0.39, 0.29) is 17.1 Å². The SMILES string of the molecule is CCc1nc2ncc(Cl)cn2c1C(=O)NCc1ccc(N2CC3(CC(c4ccc(OC(F)(F)F)cc4)C3)C2)cc1. The number of halogens is 4. The Hall–Kier alpha value is -3.79. The number of benzene rings is 2. The molecule has 7 nitrogen and oxygen atoms in total. The summed E-state index contributed by atoms with van der Waals surface area (Å²) in [5.41, 5.74) is 4.55. The molecule has 1 N–H and O–H groups in total. The Morgan fingerprint density at radius 3 is 2.48 bits per heavy atom. The van der Waals surface area contributed by atoms with Gasteiger partial charge in [-0.3, -0.25) is 9.20 Å². The van der Waals surface area contributed by atoms with E-state index in [1.54, 1.807) is 22.7 Å². The number of imidazole rings is 1. The third-order valence-electron chi connectivity index (χ3n) is 7.82. The van der Waals surface area contributed by atoms with Crippen molar-refractivity contribution in [2.45, 2.75) is 45.0 Å². The lowest BCUT2D eigenvalue weighted by Crippen LogP contribution is -2.61. The number of alkyl halides is 3. The van der Waals surface area contributed by atoms with Crippen molar-refractivity contribution in [2.75, 3.05) is 18.0 Å². The van der Waals surface area contributed by atoms with E-state index in [0.29, 0.717) is 41.1 Å². The Morgan fingerprint density at radius 2 is 1.82 bits per heavy atom. The summed E-state index contributed by atoms with van der Waals surface area (Å²) in [7, 11) is 0. The Morgan fingerprint density at radius 1 is 1.12 bits per heavy atom. The monoisotopic (exact) mass is 569 g/mol. The maximum absolute atomic E-state index is 13.0. The summed E-state index contributed by atoms with van der Waals surface area (Å²) in [6, 6.07) is 14.4. The van der Waals surface area contributed by atoms with Crippen molar-refractivity contribution < 1.29 is 22.7 Å². The van der Waals surface area contributed by atoms with E-state index in [1.807, 2.05) is 19.1 Å². The van der Waals surface area contributed by atoms with Crippen LogP contribution in [0.3, 0.4) is 0 Å². The van der Waals surface area contributed by atoms with Crippen LogP contribution >= 0.6 is 11.6 Å². The lowest BCUT2D eigenvalue weighted by Gasteiger charge is -2.60. The molecule has 208 valence electrons. The highest BCUT2D eigenvalue weighted by Crippen LogP contribution is 2.56. The van der Waals surface area contributed by atoms with E-state index < -0.39 is 6.36 Å². The molecular formula is C29H27ClF3N5O2. The summed E-state index contributed by atoms with van der Waals surface area (Å²) in [5.74, 6) is 0.381. The van der Waals surface area contributed by atoms with Crippen LogP contribution in [0.5, 0.6) is 5.75 Å². The minimum atomic E-state index is -4.68. The number of nitrogens with zero attached hydrogens (tertiary/aromatic N) is 4. The van der Waals surface area contributed by atoms with Crippen LogP contribution in [0.25, 0.3) is 5.78 Å². The molecule has 0 atom stereocenters. The van der Waals surface area contributed by atoms with Gasteiger partial charge in [0.15, 0.2) is 0 Å². The third-order valence-corrected chi connectivity index (χ3v) is 8.02. The summed E-state index contributed by atoms with van der Waals surface area (Å²) in [4.78, 5) is 24.0. The highest BCUT2D eigenvalue weighted by Gasteiger charge is 2.52. The fraction of sp³-hybridized carbons (Fsp3) is 0.345. The molecule has 40 heavy (non-hydrogen) atoms. The molecule has 4 aromatic rings. The van der Waals surface area contributed by atoms with E-state index in [9.17, 15) is 18.0 Å². The number of fused-ring (bicyclic) bond motifs is 1. The van der Waals surface area contributed by atoms with Gasteiger partial charge < -0.3 is 15.0 Å². The molecular weight excluding hydrogens is 543 g/mol. The van der Waals surface area contributed by atoms with Gasteiger partial charge in [0.25, 0.3) is 5.91 Å². The number of aromatic nitrogens is 3. The zero-order valence-electron chi connectivity index (χ0n) is 21.7. The molecule has 1 aliphatic carbocycles. The van der Waals surface area contributed by atoms with Crippen LogP contribution < -0.4 is 15.0 Å². The minimum absolute atomic E-state index is 0.189. The zero-order chi connectivity index (χ0) is 28.1. The highest BCUT2D eigenvalue weighted by atomic mass is 35.5. The van der Waals surface area contributed by atoms with Crippen molar-refractivity contribution in [3.05, 3.63) is 88.5 Å². The number of rotatable bonds is 7. The number of hydrogen-bond donors (Lipinski definition) is 1. The Labute approximate surface area is 233 Å². The van der Waals surface area contributed by atoms with Gasteiger partial charge in [0.2, 0.25) is 5.78 Å². The van der Waals surface area contributed by atoms with Gasteiger partial charge in [-0.2, -0.15) is 0 Å². The predicted octanol–water partition coefficient (Wildman–Crippen LogP) is 6.16. The number of ether oxygens (including phenoxy) is 1. The first-order valence-corrected chi connectivity index (χ1v) is 13.5. The van der Waals surface area contributed by atoms with Crippen LogP contribution in [0.1, 0.15) is 53.0 Å². The largest absolute Gasteiger partial charge is 0.573 e. The molecule has 1 spiro atoms. The molecule has 0 unspecified atom stereocenters. The molecule has 3 heterocycles. The van der Waals surface area contributed by atoms with Gasteiger partial charge in [-0.05, 0) is 60.6 Å². The quantitative estimate of drug-likeness (QED) is 0.289. The number of nitrogens with one attached hydrogen (secondary N) is 1. The summed E-state index contributed by atoms with van der Waals surface area (Å²) in [5, 5.41) is 3.41. The Bertz CT molecular complexity index is 1540. The maximum atomic E-state index is 13.0. The molecule has 1 aliphatic heterocycles. The van der Waals surface area contributed by atoms with Gasteiger partial charge in [0, 0.05) is 36.9 Å². The molecule has 0 radical (unpaired) electrons. The van der Waals surface area contributed by atoms with Crippen LogP contribution in [0, 0.1) is 5.41 Å². The molecule has 1 amide bonds. The van der Waals surface area contributed by atoms with E-state index in [0.717, 1.165) is 42.7 Å². The average Bonchev–Trinajstić information content (AvgIpc) is 3.24. The van der Waals surface area contributed by atoms with Crippen molar-refractivity contribution in [1.29, 1.82) is 0 Å². The number of carbonyl (C=O) groups is 1. The molecule has 2 aromatic carbocycles. The first kappa shape index (κ1) is 26.4. The van der Waals surface area contributed by atoms with Crippen molar-refractivity contribution >= 4 is 29.0 Å². The second kappa shape index (κ2) is 9.99. The van der Waals surface area contributed by atoms with Gasteiger partial charge >= 0.3 is 6.36 Å². The molecule has 2 aliphatic rings. The van der Waals surface area contributed by atoms with Crippen molar-refractivity contribution in [3.63, 3.8) is 0 Å². The third kappa shape index (κ3) is 5.20. The van der Waals surface area contributed by atoms with Gasteiger partial charge in [-0.15, -0.1) is 13.2 Å². The Kier molecular flexibility index (Phi) is 6.60. The van der Waals surface area contributed by atoms with Gasteiger partial charge in [-0.25, -0.2) is 9.97 Å². The number of hydrogen-bond acceptors (Lipinski definition) is 5. The van der Waals surface area contributed by atoms with Crippen LogP contribution in [0.15, 0.2) is 60.9 Å². The molecule has 1 saturated carbocycles. The minimum Gasteiger partial charge on any atom is -0.406 e. The second-order valence-corrected chi connectivity index (χ2v) is 11.1. The van der Waals surface area contributed by atoms with E-state index >= 15 is 0 Å². The first-order valence-electron chi connectivity index (χ1n) is 13.1. The van der Waals surface area contributed by atoms with Crippen LogP contribution in [-0.2, 0) is 13.0 Å². The second-order valence-electron chi connectivity index (χ2n) is 10.6. The molecule has 2 aromatic heterocycles. The topological polar surface area (TPSA) is 71.8 Å². The average molecular weight is 570 g/mol. The number of aryl methyl sites for hydroxylation is 1. The molecule has 2 fully saturated rings. The Balaban J connectivity index is 1.01. The van der Waals surface area contributed by atoms with Crippen molar-refractivity contribution in [2.24, 2.45) is 5.41 Å². The summed E-state index contributed by atoms with van der Waals surface area (Å²) in [6.07, 6.45) is 1.13. The fourth-order valence-corrected chi connectivity index (χ4v) is 6.05. The molecule has 6 rings (SSSR count). The molecule has 1 saturated heterocycles. The lowest BCUT2D eigenvalue weighted by atomic mass is 9.56. The standard InChI is InChI=1S/C29H27ClF3N5O2/c1-2-24-25(38-15-21(30)14-35-27(38)36-24)26(39)34-13-18-3-7-22(8-4-18)37-16-28(17-37)11-20(12-28)19-5-9-23(10-6-19)40-29(31,32)33/h3-10,14-15,20H,2,11-13,16-17H2,1H3,(H,34,39). The number of anilines is 1. The lowest BCUT2D eigenvalue weighted by molar-refractivity contribution is -0.274. The van der Waals surface area contributed by atoms with Gasteiger partial charge in [0.1, 0.15) is 11.4 Å². The van der Waals surface area contributed by atoms with Gasteiger partial charge in [-0.1, -0.05) is 42.8 Å². The zero-order valence-corrected chi connectivity index (χ0v) is 22.5. The highest BCUT2D eigenvalue weighted by molar-refractivity contribution is 6.30. The summed E-state index contributed by atoms with van der Waals surface area (Å²) in [6.45, 7) is 4.23. The van der Waals surface area contributed by atoms with E-state index in [4.69, 9.17) is 11.6 Å². The van der Waals surface area contributed by atoms with E-state index in [1.165, 1.54) is 18.3 Å².